The van der Waals surface area contributed by atoms with Crippen LogP contribution in [0.3, 0.4) is 0 Å². The smallest absolute Gasteiger partial charge is 0.0860 e. The van der Waals surface area contributed by atoms with Crippen LogP contribution in [0.2, 0.25) is 0 Å². The lowest BCUT2D eigenvalue weighted by atomic mass is 9.76. The highest BCUT2D eigenvalue weighted by atomic mass is 35.5. The summed E-state index contributed by atoms with van der Waals surface area (Å²) in [7, 11) is 0. The van der Waals surface area contributed by atoms with Crippen LogP contribution in [0.1, 0.15) is 27.2 Å². The number of piperidine rings is 1. The van der Waals surface area contributed by atoms with Gasteiger partial charge in [-0.05, 0) is 17.8 Å². The molecule has 3 atom stereocenters. The lowest BCUT2D eigenvalue weighted by Crippen LogP contribution is -2.48. The van der Waals surface area contributed by atoms with Gasteiger partial charge in [-0.25, -0.2) is 0 Å². The Morgan fingerprint density at radius 1 is 1.42 bits per heavy atom. The molecule has 0 aromatic heterocycles. The quantitative estimate of drug-likeness (QED) is 0.450. The molecular formula is C9H18ClNO. The molecule has 1 rings (SSSR count). The van der Waals surface area contributed by atoms with Crippen LogP contribution in [-0.2, 0) is 0 Å². The van der Waals surface area contributed by atoms with Crippen LogP contribution in [0, 0.1) is 11.3 Å². The third kappa shape index (κ3) is 2.35. The first kappa shape index (κ1) is 10.3. The summed E-state index contributed by atoms with van der Waals surface area (Å²) < 4.78 is 0. The number of β-amino-alcohol motifs (C(OH)–C–C–N with tert-alkyl or cyclic N) is 1. The maximum atomic E-state index is 9.44. The van der Waals surface area contributed by atoms with Crippen molar-refractivity contribution < 1.29 is 5.11 Å². The largest absolute Gasteiger partial charge is 0.392 e. The van der Waals surface area contributed by atoms with Crippen molar-refractivity contribution in [2.24, 2.45) is 11.3 Å². The second-order valence-electron chi connectivity index (χ2n) is 4.67. The Hall–Kier alpha value is 0.210. The minimum absolute atomic E-state index is 0.00778. The Morgan fingerprint density at radius 3 is 2.42 bits per heavy atom. The highest BCUT2D eigenvalue weighted by Crippen LogP contribution is 2.35. The number of alkyl halides is 1. The third-order valence-corrected chi connectivity index (χ3v) is 3.00. The molecular weight excluding hydrogens is 174 g/mol. The van der Waals surface area contributed by atoms with E-state index < -0.39 is 0 Å². The van der Waals surface area contributed by atoms with Crippen LogP contribution < -0.4 is 5.32 Å². The Kier molecular flexibility index (Phi) is 3.02. The molecule has 0 radical (unpaired) electrons. The van der Waals surface area contributed by atoms with Crippen LogP contribution in [0.4, 0.5) is 0 Å². The van der Waals surface area contributed by atoms with Crippen molar-refractivity contribution in [1.82, 2.24) is 5.32 Å². The van der Waals surface area contributed by atoms with Gasteiger partial charge in [-0.1, -0.05) is 20.8 Å². The van der Waals surface area contributed by atoms with E-state index in [1.54, 1.807) is 0 Å². The summed E-state index contributed by atoms with van der Waals surface area (Å²) in [5.41, 5.74) is 0.175. The maximum Gasteiger partial charge on any atom is 0.0860 e. The molecule has 2 nitrogen and oxygen atoms in total. The van der Waals surface area contributed by atoms with E-state index >= 15 is 0 Å². The van der Waals surface area contributed by atoms with Crippen LogP contribution in [-0.4, -0.2) is 23.3 Å². The van der Waals surface area contributed by atoms with Gasteiger partial charge in [-0.2, -0.15) is 0 Å². The predicted octanol–water partition coefficient (Wildman–Crippen LogP) is 1.57. The van der Waals surface area contributed by atoms with Crippen LogP contribution in [0.25, 0.3) is 0 Å². The number of halogens is 1. The van der Waals surface area contributed by atoms with E-state index in [0.29, 0.717) is 12.5 Å². The zero-order valence-corrected chi connectivity index (χ0v) is 8.73. The number of aliphatic hydroxyl groups excluding tert-OH is 1. The Bertz CT molecular complexity index is 155. The minimum atomic E-state index is -0.232. The van der Waals surface area contributed by atoms with E-state index in [0.717, 1.165) is 6.42 Å². The Labute approximate surface area is 79.3 Å². The molecule has 0 saturated carbocycles. The lowest BCUT2D eigenvalue weighted by molar-refractivity contribution is 0.0617. The van der Waals surface area contributed by atoms with Gasteiger partial charge in [0.05, 0.1) is 11.6 Å². The molecule has 1 heterocycles. The van der Waals surface area contributed by atoms with Gasteiger partial charge in [-0.3, -0.25) is 5.32 Å². The van der Waals surface area contributed by atoms with Crippen molar-refractivity contribution in [1.29, 1.82) is 0 Å². The summed E-state index contributed by atoms with van der Waals surface area (Å²) in [6.45, 7) is 7.10. The molecule has 0 bridgehead atoms. The van der Waals surface area contributed by atoms with E-state index in [-0.39, 0.29) is 17.0 Å². The number of rotatable bonds is 0. The monoisotopic (exact) mass is 191 g/mol. The topological polar surface area (TPSA) is 32.3 Å². The second-order valence-corrected chi connectivity index (χ2v) is 5.14. The molecule has 0 spiro atoms. The van der Waals surface area contributed by atoms with Gasteiger partial charge in [0.1, 0.15) is 0 Å². The zero-order chi connectivity index (χ0) is 9.35. The molecule has 1 aliphatic heterocycles. The molecule has 3 unspecified atom stereocenters. The van der Waals surface area contributed by atoms with Gasteiger partial charge < -0.3 is 5.11 Å². The first-order valence-corrected chi connectivity index (χ1v) is 4.90. The van der Waals surface area contributed by atoms with Crippen molar-refractivity contribution >= 4 is 11.6 Å². The lowest BCUT2D eigenvalue weighted by Gasteiger charge is -2.39. The first-order chi connectivity index (χ1) is 5.41. The van der Waals surface area contributed by atoms with Crippen molar-refractivity contribution in [3.63, 3.8) is 0 Å². The summed E-state index contributed by atoms with van der Waals surface area (Å²) in [5.74, 6) is 0.350. The minimum Gasteiger partial charge on any atom is -0.392 e. The molecule has 1 aliphatic rings. The van der Waals surface area contributed by atoms with Crippen LogP contribution in [0.15, 0.2) is 0 Å². The van der Waals surface area contributed by atoms with Crippen molar-refractivity contribution in [2.45, 2.75) is 38.8 Å². The molecule has 12 heavy (non-hydrogen) atoms. The van der Waals surface area contributed by atoms with Crippen LogP contribution in [0.5, 0.6) is 0 Å². The molecule has 0 amide bonds. The second kappa shape index (κ2) is 3.52. The average molecular weight is 192 g/mol. The average Bonchev–Trinajstić information content (AvgIpc) is 1.92. The Morgan fingerprint density at radius 2 is 2.00 bits per heavy atom. The molecule has 72 valence electrons. The molecule has 0 aromatic carbocycles. The molecule has 0 aromatic rings. The van der Waals surface area contributed by atoms with E-state index in [1.165, 1.54) is 0 Å². The number of hydrogen-bond acceptors (Lipinski definition) is 2. The van der Waals surface area contributed by atoms with Crippen LogP contribution >= 0.6 is 11.6 Å². The highest BCUT2D eigenvalue weighted by Gasteiger charge is 2.35. The normalized spacial score (nSPS) is 38.2. The standard InChI is InChI=1S/C9H18ClNO/c1-9(2,3)7-4-6(12)5-11-8(7)10/h6-8,11-12H,4-5H2,1-3H3. The molecule has 1 fully saturated rings. The molecule has 1 saturated heterocycles. The summed E-state index contributed by atoms with van der Waals surface area (Å²) >= 11 is 6.11. The van der Waals surface area contributed by atoms with Gasteiger partial charge in [0.25, 0.3) is 0 Å². The first-order valence-electron chi connectivity index (χ1n) is 4.47. The van der Waals surface area contributed by atoms with E-state index in [9.17, 15) is 5.11 Å². The molecule has 3 heteroatoms. The van der Waals surface area contributed by atoms with Gasteiger partial charge in [0, 0.05) is 6.54 Å². The van der Waals surface area contributed by atoms with E-state index in [4.69, 9.17) is 11.6 Å². The Balaban J connectivity index is 2.61. The molecule has 2 N–H and O–H groups in total. The fraction of sp³-hybridized carbons (Fsp3) is 1.00. The predicted molar refractivity (Wildman–Crippen MR) is 51.2 cm³/mol. The fourth-order valence-corrected chi connectivity index (χ4v) is 2.25. The summed E-state index contributed by atoms with van der Waals surface area (Å²) in [6, 6.07) is 0. The highest BCUT2D eigenvalue weighted by molar-refractivity contribution is 6.20. The number of hydrogen-bond donors (Lipinski definition) is 2. The van der Waals surface area contributed by atoms with Crippen molar-refractivity contribution in [3.8, 4) is 0 Å². The van der Waals surface area contributed by atoms with Gasteiger partial charge in [0.15, 0.2) is 0 Å². The SMILES string of the molecule is CC(C)(C)C1CC(O)CNC1Cl. The summed E-state index contributed by atoms with van der Waals surface area (Å²) in [5, 5.41) is 12.5. The van der Waals surface area contributed by atoms with E-state index in [1.807, 2.05) is 0 Å². The number of aliphatic hydroxyl groups is 1. The van der Waals surface area contributed by atoms with E-state index in [2.05, 4.69) is 26.1 Å². The zero-order valence-electron chi connectivity index (χ0n) is 7.97. The summed E-state index contributed by atoms with van der Waals surface area (Å²) in [6.07, 6.45) is 0.578. The van der Waals surface area contributed by atoms with Gasteiger partial charge in [-0.15, -0.1) is 11.6 Å². The van der Waals surface area contributed by atoms with Gasteiger partial charge in [0.2, 0.25) is 0 Å². The van der Waals surface area contributed by atoms with Gasteiger partial charge >= 0.3 is 0 Å². The molecule has 0 aliphatic carbocycles. The number of nitrogens with one attached hydrogen (secondary N) is 1. The third-order valence-electron chi connectivity index (χ3n) is 2.54. The van der Waals surface area contributed by atoms with Crippen molar-refractivity contribution in [3.05, 3.63) is 0 Å². The summed E-state index contributed by atoms with van der Waals surface area (Å²) in [4.78, 5) is 0. The van der Waals surface area contributed by atoms with Crippen molar-refractivity contribution in [2.75, 3.05) is 6.54 Å². The maximum absolute atomic E-state index is 9.44. The fourth-order valence-electron chi connectivity index (χ4n) is 1.68.